The van der Waals surface area contributed by atoms with Crippen molar-refractivity contribution in [3.8, 4) is 0 Å². The van der Waals surface area contributed by atoms with Crippen LogP contribution in [-0.2, 0) is 38.5 Å². The molecule has 0 saturated heterocycles. The van der Waals surface area contributed by atoms with Gasteiger partial charge in [-0.05, 0) is 40.4 Å². The average Bonchev–Trinajstić information content (AvgIpc) is 2.94. The van der Waals surface area contributed by atoms with Gasteiger partial charge in [0.05, 0.1) is 33.0 Å². The Balaban J connectivity index is 1.80. The molecular formula is C34H46O5Si. The lowest BCUT2D eigenvalue weighted by Crippen LogP contribution is -2.46. The maximum absolute atomic E-state index is 11.4. The van der Waals surface area contributed by atoms with Crippen molar-refractivity contribution < 1.29 is 23.7 Å². The van der Waals surface area contributed by atoms with Gasteiger partial charge >= 0.3 is 0 Å². The van der Waals surface area contributed by atoms with E-state index in [4.69, 9.17) is 18.6 Å². The molecule has 1 N–H and O–H groups in total. The van der Waals surface area contributed by atoms with E-state index in [1.807, 2.05) is 91.0 Å². The second-order valence-corrected chi connectivity index (χ2v) is 16.6. The molecule has 3 rings (SSSR count). The number of ether oxygens (including phenoxy) is 3. The van der Waals surface area contributed by atoms with Crippen LogP contribution in [0.25, 0.3) is 0 Å². The van der Waals surface area contributed by atoms with Crippen LogP contribution in [-0.4, -0.2) is 44.9 Å². The van der Waals surface area contributed by atoms with Crippen molar-refractivity contribution in [2.45, 2.75) is 77.0 Å². The number of hydrogen-bond acceptors (Lipinski definition) is 5. The molecule has 0 saturated carbocycles. The van der Waals surface area contributed by atoms with Crippen molar-refractivity contribution in [2.24, 2.45) is 0 Å². The summed E-state index contributed by atoms with van der Waals surface area (Å²) in [7, 11) is -2.04. The molecule has 3 aromatic rings. The molecule has 216 valence electrons. The van der Waals surface area contributed by atoms with Gasteiger partial charge in [0.1, 0.15) is 18.3 Å². The molecule has 0 heterocycles. The van der Waals surface area contributed by atoms with Crippen LogP contribution in [0.3, 0.4) is 0 Å². The molecule has 0 radical (unpaired) electrons. The quantitative estimate of drug-likeness (QED) is 0.147. The Morgan fingerprint density at radius 2 is 1.20 bits per heavy atom. The monoisotopic (exact) mass is 562 g/mol. The van der Waals surface area contributed by atoms with Crippen LogP contribution in [0.4, 0.5) is 0 Å². The van der Waals surface area contributed by atoms with Crippen molar-refractivity contribution in [1.29, 1.82) is 0 Å². The van der Waals surface area contributed by atoms with E-state index in [2.05, 4.69) is 40.4 Å². The summed E-state index contributed by atoms with van der Waals surface area (Å²) in [6.07, 6.45) is -2.27. The van der Waals surface area contributed by atoms with Gasteiger partial charge in [0.15, 0.2) is 8.32 Å². The van der Waals surface area contributed by atoms with Crippen molar-refractivity contribution in [1.82, 2.24) is 0 Å². The summed E-state index contributed by atoms with van der Waals surface area (Å²) in [5, 5.41) is 11.5. The van der Waals surface area contributed by atoms with Gasteiger partial charge in [0.25, 0.3) is 0 Å². The number of benzene rings is 3. The van der Waals surface area contributed by atoms with Gasteiger partial charge in [-0.15, -0.1) is 0 Å². The Morgan fingerprint density at radius 1 is 0.750 bits per heavy atom. The van der Waals surface area contributed by atoms with Gasteiger partial charge in [0, 0.05) is 0 Å². The average molecular weight is 563 g/mol. The molecule has 6 heteroatoms. The summed E-state index contributed by atoms with van der Waals surface area (Å²) in [4.78, 5) is 0. The summed E-state index contributed by atoms with van der Waals surface area (Å²) in [6.45, 7) is 17.0. The molecule has 0 aliphatic rings. The molecule has 40 heavy (non-hydrogen) atoms. The Labute approximate surface area is 241 Å². The lowest BCUT2D eigenvalue weighted by molar-refractivity contribution is -0.138. The highest BCUT2D eigenvalue weighted by atomic mass is 28.4. The third-order valence-corrected chi connectivity index (χ3v) is 11.9. The summed E-state index contributed by atoms with van der Waals surface area (Å²) >= 11 is 0. The van der Waals surface area contributed by atoms with E-state index in [0.29, 0.717) is 26.4 Å². The van der Waals surface area contributed by atoms with E-state index in [0.717, 1.165) is 22.3 Å². The highest BCUT2D eigenvalue weighted by Gasteiger charge is 2.39. The first kappa shape index (κ1) is 31.9. The van der Waals surface area contributed by atoms with Crippen molar-refractivity contribution in [2.75, 3.05) is 13.2 Å². The molecule has 3 aromatic carbocycles. The van der Waals surface area contributed by atoms with Gasteiger partial charge in [0.2, 0.25) is 0 Å². The predicted molar refractivity (Wildman–Crippen MR) is 164 cm³/mol. The third kappa shape index (κ3) is 10.1. The van der Waals surface area contributed by atoms with E-state index >= 15 is 0 Å². The number of hydrogen-bond donors (Lipinski definition) is 1. The highest BCUT2D eigenvalue weighted by molar-refractivity contribution is 6.74. The van der Waals surface area contributed by atoms with Gasteiger partial charge < -0.3 is 23.7 Å². The van der Waals surface area contributed by atoms with Gasteiger partial charge in [-0.2, -0.15) is 0 Å². The van der Waals surface area contributed by atoms with E-state index in [1.165, 1.54) is 0 Å². The fourth-order valence-corrected chi connectivity index (χ4v) is 4.89. The lowest BCUT2D eigenvalue weighted by Gasteiger charge is -2.38. The smallest absolute Gasteiger partial charge is 0.192 e. The van der Waals surface area contributed by atoms with Crippen LogP contribution < -0.4 is 0 Å². The predicted octanol–water partition coefficient (Wildman–Crippen LogP) is 7.31. The molecule has 0 spiro atoms. The topological polar surface area (TPSA) is 57.2 Å². The molecular weight excluding hydrogens is 516 g/mol. The molecule has 0 amide bonds. The zero-order valence-electron chi connectivity index (χ0n) is 24.7. The lowest BCUT2D eigenvalue weighted by atomic mass is 10.0. The molecule has 0 fully saturated rings. The standard InChI is InChI=1S/C34H46O5Si/c1-27(22-39-40(5,6)34(2,3)4)32(37-24-29-18-12-8-13-19-29)33(38-25-30-20-14-9-15-21-30)31(35)26-36-23-28-16-10-7-11-17-28/h7-21,31-33,35H,1,22-26H2,2-6H3/t31-,32-,33-/m1/s1. The summed E-state index contributed by atoms with van der Waals surface area (Å²) in [5.41, 5.74) is 3.82. The Bertz CT molecular complexity index is 1130. The Morgan fingerprint density at radius 3 is 1.68 bits per heavy atom. The molecule has 0 bridgehead atoms. The van der Waals surface area contributed by atoms with Crippen LogP contribution in [0, 0.1) is 0 Å². The second-order valence-electron chi connectivity index (χ2n) is 11.8. The van der Waals surface area contributed by atoms with Crippen LogP contribution in [0.1, 0.15) is 37.5 Å². The first-order valence-electron chi connectivity index (χ1n) is 14.0. The van der Waals surface area contributed by atoms with E-state index in [9.17, 15) is 5.11 Å². The molecule has 5 nitrogen and oxygen atoms in total. The minimum absolute atomic E-state index is 0.0572. The fraction of sp³-hybridized carbons (Fsp3) is 0.412. The first-order chi connectivity index (χ1) is 19.1. The zero-order chi connectivity index (χ0) is 29.0. The van der Waals surface area contributed by atoms with Crippen LogP contribution >= 0.6 is 0 Å². The summed E-state index contributed by atoms with van der Waals surface area (Å²) in [6, 6.07) is 29.8. The van der Waals surface area contributed by atoms with Crippen LogP contribution in [0.2, 0.25) is 18.1 Å². The highest BCUT2D eigenvalue weighted by Crippen LogP contribution is 2.37. The van der Waals surface area contributed by atoms with Crippen molar-refractivity contribution in [3.63, 3.8) is 0 Å². The largest absolute Gasteiger partial charge is 0.413 e. The Hall–Kier alpha value is -2.58. The minimum Gasteiger partial charge on any atom is -0.413 e. The summed E-state index contributed by atoms with van der Waals surface area (Å²) in [5.74, 6) is 0. The Kier molecular flexibility index (Phi) is 12.3. The SMILES string of the molecule is C=C(CO[Si](C)(C)C(C)(C)C)[C@@H](OCc1ccccc1)[C@H](OCc1ccccc1)[C@H](O)COCc1ccccc1. The van der Waals surface area contributed by atoms with Crippen molar-refractivity contribution in [3.05, 3.63) is 120 Å². The maximum Gasteiger partial charge on any atom is 0.192 e. The fourth-order valence-electron chi connectivity index (χ4n) is 3.91. The van der Waals surface area contributed by atoms with Crippen LogP contribution in [0.5, 0.6) is 0 Å². The molecule has 0 aromatic heterocycles. The summed E-state index contributed by atoms with van der Waals surface area (Å²) < 4.78 is 25.3. The first-order valence-corrected chi connectivity index (χ1v) is 16.9. The number of aliphatic hydroxyl groups is 1. The third-order valence-electron chi connectivity index (χ3n) is 7.46. The zero-order valence-corrected chi connectivity index (χ0v) is 25.7. The van der Waals surface area contributed by atoms with Gasteiger partial charge in [-0.1, -0.05) is 118 Å². The molecule has 0 unspecified atom stereocenters. The molecule has 3 atom stereocenters. The van der Waals surface area contributed by atoms with Gasteiger partial charge in [-0.3, -0.25) is 0 Å². The number of aliphatic hydroxyl groups excluding tert-OH is 1. The van der Waals surface area contributed by atoms with Crippen molar-refractivity contribution >= 4 is 8.32 Å². The molecule has 0 aliphatic heterocycles. The van der Waals surface area contributed by atoms with E-state index < -0.39 is 26.6 Å². The van der Waals surface area contributed by atoms with Gasteiger partial charge in [-0.25, -0.2) is 0 Å². The van der Waals surface area contributed by atoms with Crippen LogP contribution in [0.15, 0.2) is 103 Å². The van der Waals surface area contributed by atoms with E-state index in [-0.39, 0.29) is 11.6 Å². The maximum atomic E-state index is 11.4. The molecule has 0 aliphatic carbocycles. The minimum atomic E-state index is -2.04. The number of rotatable bonds is 16. The second kappa shape index (κ2) is 15.4. The normalized spacial score (nSPS) is 14.4. The van der Waals surface area contributed by atoms with E-state index in [1.54, 1.807) is 0 Å².